The topological polar surface area (TPSA) is 59.2 Å². The predicted octanol–water partition coefficient (Wildman–Crippen LogP) is 2.14. The van der Waals surface area contributed by atoms with Gasteiger partial charge in [-0.1, -0.05) is 13.8 Å². The number of carbonyl (C=O) groups excluding carboxylic acids is 1. The van der Waals surface area contributed by atoms with E-state index in [4.69, 9.17) is 5.73 Å². The molecule has 6 heteroatoms. The summed E-state index contributed by atoms with van der Waals surface area (Å²) in [5, 5.41) is 2.64. The molecule has 1 aliphatic rings. The van der Waals surface area contributed by atoms with E-state index in [0.717, 1.165) is 24.5 Å². The summed E-state index contributed by atoms with van der Waals surface area (Å²) in [6.45, 7) is 6.55. The van der Waals surface area contributed by atoms with E-state index < -0.39 is 0 Å². The second kappa shape index (κ2) is 6.50. The molecule has 1 saturated heterocycles. The standard InChI is InChI=1S/C12H19N3OS.ClH/c1-8-3-4-15(6-9(8)2)12(16)10-7-17-11(5-13)14-10;/h7-9H,3-6,13H2,1-2H3;1H. The first-order valence-corrected chi connectivity index (χ1v) is 6.93. The van der Waals surface area contributed by atoms with Crippen LogP contribution in [0.2, 0.25) is 0 Å². The maximum absolute atomic E-state index is 12.2. The molecule has 102 valence electrons. The normalized spacial score (nSPS) is 23.6. The first kappa shape index (κ1) is 15.4. The Hall–Kier alpha value is -0.650. The quantitative estimate of drug-likeness (QED) is 0.907. The summed E-state index contributed by atoms with van der Waals surface area (Å²) < 4.78 is 0. The lowest BCUT2D eigenvalue weighted by molar-refractivity contribution is 0.0622. The minimum absolute atomic E-state index is 0. The average Bonchev–Trinajstić information content (AvgIpc) is 2.80. The Balaban J connectivity index is 0.00000162. The van der Waals surface area contributed by atoms with Crippen LogP contribution in [0.5, 0.6) is 0 Å². The summed E-state index contributed by atoms with van der Waals surface area (Å²) in [6.07, 6.45) is 1.08. The van der Waals surface area contributed by atoms with E-state index in [9.17, 15) is 4.79 Å². The zero-order valence-electron chi connectivity index (χ0n) is 10.8. The van der Waals surface area contributed by atoms with E-state index in [0.29, 0.717) is 24.1 Å². The molecule has 2 N–H and O–H groups in total. The van der Waals surface area contributed by atoms with Gasteiger partial charge in [-0.3, -0.25) is 4.79 Å². The maximum atomic E-state index is 12.2. The lowest BCUT2D eigenvalue weighted by atomic mass is 9.88. The number of likely N-dealkylation sites (tertiary alicyclic amines) is 1. The lowest BCUT2D eigenvalue weighted by Crippen LogP contribution is -2.42. The number of hydrogen-bond donors (Lipinski definition) is 1. The molecule has 1 aromatic heterocycles. The van der Waals surface area contributed by atoms with Crippen molar-refractivity contribution in [1.82, 2.24) is 9.88 Å². The van der Waals surface area contributed by atoms with Crippen LogP contribution in [0, 0.1) is 11.8 Å². The highest BCUT2D eigenvalue weighted by Gasteiger charge is 2.27. The number of nitrogens with two attached hydrogens (primary N) is 1. The number of halogens is 1. The molecule has 1 aliphatic heterocycles. The molecule has 0 radical (unpaired) electrons. The largest absolute Gasteiger partial charge is 0.337 e. The van der Waals surface area contributed by atoms with Crippen molar-refractivity contribution >= 4 is 29.7 Å². The molecule has 2 rings (SSSR count). The second-order valence-electron chi connectivity index (χ2n) is 4.83. The van der Waals surface area contributed by atoms with Gasteiger partial charge in [-0.2, -0.15) is 0 Å². The fourth-order valence-electron chi connectivity index (χ4n) is 2.11. The van der Waals surface area contributed by atoms with Crippen molar-refractivity contribution in [2.24, 2.45) is 17.6 Å². The number of hydrogen-bond acceptors (Lipinski definition) is 4. The molecule has 4 nitrogen and oxygen atoms in total. The zero-order chi connectivity index (χ0) is 12.4. The van der Waals surface area contributed by atoms with E-state index in [1.54, 1.807) is 0 Å². The Labute approximate surface area is 118 Å². The molecule has 18 heavy (non-hydrogen) atoms. The van der Waals surface area contributed by atoms with Crippen LogP contribution in [0.4, 0.5) is 0 Å². The molecule has 1 aromatic rings. The van der Waals surface area contributed by atoms with Gasteiger partial charge in [0, 0.05) is 25.0 Å². The first-order chi connectivity index (χ1) is 8.11. The van der Waals surface area contributed by atoms with Gasteiger partial charge in [0.25, 0.3) is 5.91 Å². The summed E-state index contributed by atoms with van der Waals surface area (Å²) >= 11 is 1.46. The summed E-state index contributed by atoms with van der Waals surface area (Å²) in [5.41, 5.74) is 6.06. The number of rotatable bonds is 2. The van der Waals surface area contributed by atoms with Gasteiger partial charge in [0.2, 0.25) is 0 Å². The lowest BCUT2D eigenvalue weighted by Gasteiger charge is -2.34. The van der Waals surface area contributed by atoms with Crippen molar-refractivity contribution in [2.75, 3.05) is 13.1 Å². The van der Waals surface area contributed by atoms with Crippen molar-refractivity contribution in [2.45, 2.75) is 26.8 Å². The third kappa shape index (κ3) is 3.22. The molecule has 1 fully saturated rings. The number of aromatic nitrogens is 1. The van der Waals surface area contributed by atoms with Gasteiger partial charge in [-0.15, -0.1) is 23.7 Å². The minimum atomic E-state index is 0. The van der Waals surface area contributed by atoms with Crippen LogP contribution in [0.15, 0.2) is 5.38 Å². The van der Waals surface area contributed by atoms with Crippen LogP contribution in [-0.2, 0) is 6.54 Å². The van der Waals surface area contributed by atoms with Gasteiger partial charge in [-0.25, -0.2) is 4.98 Å². The summed E-state index contributed by atoms with van der Waals surface area (Å²) in [6, 6.07) is 0. The van der Waals surface area contributed by atoms with Gasteiger partial charge in [0.05, 0.1) is 0 Å². The van der Waals surface area contributed by atoms with Gasteiger partial charge in [0.15, 0.2) is 0 Å². The second-order valence-corrected chi connectivity index (χ2v) is 5.77. The Morgan fingerprint density at radius 3 is 2.83 bits per heavy atom. The summed E-state index contributed by atoms with van der Waals surface area (Å²) in [7, 11) is 0. The van der Waals surface area contributed by atoms with E-state index in [-0.39, 0.29) is 18.3 Å². The highest BCUT2D eigenvalue weighted by Crippen LogP contribution is 2.24. The smallest absolute Gasteiger partial charge is 0.273 e. The van der Waals surface area contributed by atoms with Crippen LogP contribution in [0.25, 0.3) is 0 Å². The monoisotopic (exact) mass is 289 g/mol. The molecular formula is C12H20ClN3OS. The van der Waals surface area contributed by atoms with Crippen molar-refractivity contribution in [3.63, 3.8) is 0 Å². The van der Waals surface area contributed by atoms with Crippen molar-refractivity contribution in [1.29, 1.82) is 0 Å². The van der Waals surface area contributed by atoms with Crippen LogP contribution in [0.3, 0.4) is 0 Å². The summed E-state index contributed by atoms with van der Waals surface area (Å²) in [5.74, 6) is 1.33. The Morgan fingerprint density at radius 1 is 1.56 bits per heavy atom. The zero-order valence-corrected chi connectivity index (χ0v) is 12.4. The molecule has 2 atom stereocenters. The number of thiazole rings is 1. The molecule has 2 unspecified atom stereocenters. The number of nitrogens with zero attached hydrogens (tertiary/aromatic N) is 2. The summed E-state index contributed by atoms with van der Waals surface area (Å²) in [4.78, 5) is 18.4. The van der Waals surface area contributed by atoms with E-state index >= 15 is 0 Å². The molecule has 0 bridgehead atoms. The Bertz CT molecular complexity index is 410. The van der Waals surface area contributed by atoms with Crippen LogP contribution in [0.1, 0.15) is 35.8 Å². The minimum Gasteiger partial charge on any atom is -0.337 e. The highest BCUT2D eigenvalue weighted by atomic mass is 35.5. The van der Waals surface area contributed by atoms with Crippen LogP contribution in [-0.4, -0.2) is 28.9 Å². The number of amides is 1. The van der Waals surface area contributed by atoms with Crippen molar-refractivity contribution < 1.29 is 4.79 Å². The third-order valence-corrected chi connectivity index (χ3v) is 4.44. The molecule has 1 amide bonds. The fraction of sp³-hybridized carbons (Fsp3) is 0.667. The fourth-order valence-corrected chi connectivity index (χ4v) is 2.76. The van der Waals surface area contributed by atoms with Crippen molar-refractivity contribution in [3.05, 3.63) is 16.1 Å². The molecular weight excluding hydrogens is 270 g/mol. The van der Waals surface area contributed by atoms with Gasteiger partial charge in [-0.05, 0) is 18.3 Å². The van der Waals surface area contributed by atoms with Crippen molar-refractivity contribution in [3.8, 4) is 0 Å². The van der Waals surface area contributed by atoms with E-state index in [2.05, 4.69) is 18.8 Å². The SMILES string of the molecule is CC1CCN(C(=O)c2csc(CN)n2)CC1C.Cl. The Kier molecular flexibility index (Phi) is 5.56. The average molecular weight is 290 g/mol. The Morgan fingerprint density at radius 2 is 2.28 bits per heavy atom. The predicted molar refractivity (Wildman–Crippen MR) is 76.1 cm³/mol. The van der Waals surface area contributed by atoms with Gasteiger partial charge in [0.1, 0.15) is 10.7 Å². The van der Waals surface area contributed by atoms with Gasteiger partial charge < -0.3 is 10.6 Å². The third-order valence-electron chi connectivity index (χ3n) is 3.57. The van der Waals surface area contributed by atoms with E-state index in [1.165, 1.54) is 11.3 Å². The number of piperidine rings is 1. The number of carbonyl (C=O) groups is 1. The van der Waals surface area contributed by atoms with Crippen LogP contribution >= 0.6 is 23.7 Å². The molecule has 0 aromatic carbocycles. The molecule has 0 spiro atoms. The van der Waals surface area contributed by atoms with E-state index in [1.807, 2.05) is 10.3 Å². The first-order valence-electron chi connectivity index (χ1n) is 6.05. The molecule has 0 saturated carbocycles. The maximum Gasteiger partial charge on any atom is 0.273 e. The highest BCUT2D eigenvalue weighted by molar-refractivity contribution is 7.09. The van der Waals surface area contributed by atoms with Gasteiger partial charge >= 0.3 is 0 Å². The molecule has 0 aliphatic carbocycles. The molecule has 2 heterocycles. The van der Waals surface area contributed by atoms with Crippen LogP contribution < -0.4 is 5.73 Å².